The van der Waals surface area contributed by atoms with Gasteiger partial charge in [-0.25, -0.2) is 0 Å². The van der Waals surface area contributed by atoms with Gasteiger partial charge in [0.2, 0.25) is 0 Å². The molecule has 0 aliphatic rings. The molecular formula is HAsO4Pb2-2. The Morgan fingerprint density at radius 2 is 1.14 bits per heavy atom. The summed E-state index contributed by atoms with van der Waals surface area (Å²) >= 11 is -5.88. The van der Waals surface area contributed by atoms with Crippen LogP contribution in [-0.4, -0.2) is 69.1 Å². The average Bonchev–Trinajstić information content (AvgIpc) is 0.722. The molecule has 0 rings (SSSR count). The van der Waals surface area contributed by atoms with Crippen molar-refractivity contribution in [3.8, 4) is 0 Å². The quantitative estimate of drug-likeness (QED) is 0.282. The van der Waals surface area contributed by atoms with E-state index in [1.165, 1.54) is 0 Å². The van der Waals surface area contributed by atoms with Gasteiger partial charge in [-0.1, -0.05) is 0 Å². The molecule has 0 atom stereocenters. The van der Waals surface area contributed by atoms with Crippen LogP contribution in [0.25, 0.3) is 0 Å². The van der Waals surface area contributed by atoms with Gasteiger partial charge in [0.25, 0.3) is 0 Å². The molecule has 0 saturated carbocycles. The second kappa shape index (κ2) is 6.21. The van der Waals surface area contributed by atoms with Gasteiger partial charge in [-0.15, -0.1) is 0 Å². The zero-order valence-electron chi connectivity index (χ0n) is 4.08. The van der Waals surface area contributed by atoms with E-state index < -0.39 is 14.5 Å². The van der Waals surface area contributed by atoms with Crippen LogP contribution < -0.4 is 12.3 Å². The molecule has 7 heteroatoms. The molecule has 0 heterocycles. The third kappa shape index (κ3) is 68.9. The molecule has 7 heavy (non-hydrogen) atoms. The maximum absolute atomic E-state index is 8.61. The molecule has 0 spiro atoms. The Balaban J connectivity index is -0.0000000267. The first-order chi connectivity index (χ1) is 2.00. The fourth-order valence-corrected chi connectivity index (χ4v) is 0. The smallest absolute Gasteiger partial charge is 0 e. The second-order valence-electron chi connectivity index (χ2n) is 0.447. The largest absolute Gasteiger partial charge is 1.00 e. The van der Waals surface area contributed by atoms with Gasteiger partial charge in [0.15, 0.2) is 0 Å². The molecule has 8 radical (unpaired) electrons. The van der Waals surface area contributed by atoms with Crippen molar-refractivity contribution >= 4 is 69.1 Å². The van der Waals surface area contributed by atoms with Gasteiger partial charge in [0, 0.05) is 54.6 Å². The third-order valence-corrected chi connectivity index (χ3v) is 0. The minimum atomic E-state index is -5.88. The van der Waals surface area contributed by atoms with E-state index in [1.807, 2.05) is 0 Å². The van der Waals surface area contributed by atoms with Crippen LogP contribution in [0.15, 0.2) is 0 Å². The molecular weight excluding hydrogens is 553 g/mol. The molecule has 0 bridgehead atoms. The van der Waals surface area contributed by atoms with Gasteiger partial charge in [0.1, 0.15) is 0 Å². The van der Waals surface area contributed by atoms with Gasteiger partial charge in [0.05, 0.1) is 0 Å². The monoisotopic (exact) mass is 556 g/mol. The molecule has 0 fully saturated rings. The summed E-state index contributed by atoms with van der Waals surface area (Å²) in [5.41, 5.74) is 0. The Labute approximate surface area is 85.5 Å². The predicted molar refractivity (Wildman–Crippen MR) is 19.1 cm³/mol. The van der Waals surface area contributed by atoms with Crippen LogP contribution in [-0.2, 0) is 3.74 Å². The number of hydrogen-bond acceptors (Lipinski definition) is 4. The summed E-state index contributed by atoms with van der Waals surface area (Å²) in [7, 11) is 0. The Morgan fingerprint density at radius 1 is 1.14 bits per heavy atom. The summed E-state index contributed by atoms with van der Waals surface area (Å²) in [6, 6.07) is 0. The zero-order chi connectivity index (χ0) is 4.50. The first-order valence-corrected chi connectivity index (χ1v) is 3.79. The summed E-state index contributed by atoms with van der Waals surface area (Å²) in [4.78, 5) is 0. The van der Waals surface area contributed by atoms with Crippen LogP contribution in [0.5, 0.6) is 0 Å². The van der Waals surface area contributed by atoms with Crippen LogP contribution in [0.4, 0.5) is 0 Å². The Hall–Kier alpha value is 2.08. The van der Waals surface area contributed by atoms with Crippen LogP contribution in [0.2, 0.25) is 0 Å². The number of hydrogen-bond donors (Lipinski definition) is 0. The zero-order valence-corrected chi connectivity index (χ0v) is 12.7. The van der Waals surface area contributed by atoms with E-state index >= 15 is 0 Å². The molecule has 0 aromatic heterocycles. The van der Waals surface area contributed by atoms with E-state index in [0.717, 1.165) is 0 Å². The van der Waals surface area contributed by atoms with Crippen molar-refractivity contribution in [3.05, 3.63) is 0 Å². The van der Waals surface area contributed by atoms with E-state index in [2.05, 4.69) is 0 Å². The van der Waals surface area contributed by atoms with E-state index in [1.54, 1.807) is 0 Å². The minimum Gasteiger partial charge on any atom is 0 e. The van der Waals surface area contributed by atoms with Crippen molar-refractivity contribution in [1.82, 2.24) is 0 Å². The fraction of sp³-hybridized carbons (Fsp3) is 0. The van der Waals surface area contributed by atoms with Crippen molar-refractivity contribution in [2.75, 3.05) is 0 Å². The maximum Gasteiger partial charge on any atom is 1.00 e. The molecule has 4 nitrogen and oxygen atoms in total. The topological polar surface area (TPSA) is 86.2 Å². The third-order valence-electron chi connectivity index (χ3n) is 0. The standard InChI is InChI=1S/AsH3O4.2Pb/c2-1(3,4)5;;/h(H3,2,3,4,5);;/p-2. The first kappa shape index (κ1) is 16.0. The minimum absolute atomic E-state index is 0. The van der Waals surface area contributed by atoms with Crippen LogP contribution in [0, 0.1) is 0 Å². The maximum atomic E-state index is 8.61. The Bertz CT molecular complexity index is 60.2. The second-order valence-corrected chi connectivity index (χ2v) is 2.32. The molecule has 0 unspecified atom stereocenters. The molecule has 0 amide bonds. The van der Waals surface area contributed by atoms with Crippen molar-refractivity contribution in [1.29, 1.82) is 0 Å². The summed E-state index contributed by atoms with van der Waals surface area (Å²) in [5, 5.41) is 0. The molecule has 40 valence electrons. The van der Waals surface area contributed by atoms with Gasteiger partial charge in [-0.05, 0) is 0 Å². The van der Waals surface area contributed by atoms with Crippen molar-refractivity contribution in [2.24, 2.45) is 0 Å². The van der Waals surface area contributed by atoms with Crippen LogP contribution in [0.1, 0.15) is 1.43 Å². The Morgan fingerprint density at radius 3 is 1.14 bits per heavy atom. The normalized spacial score (nSPS) is 8.43. The number of rotatable bonds is 0. The molecule has 0 aliphatic heterocycles. The summed E-state index contributed by atoms with van der Waals surface area (Å²) in [6.07, 6.45) is 0. The molecule has 0 aromatic rings. The fourth-order valence-electron chi connectivity index (χ4n) is 0. The van der Waals surface area contributed by atoms with Crippen molar-refractivity contribution < 1.29 is 17.5 Å². The van der Waals surface area contributed by atoms with E-state index in [9.17, 15) is 0 Å². The van der Waals surface area contributed by atoms with Crippen molar-refractivity contribution in [2.45, 2.75) is 0 Å². The average molecular weight is 554 g/mol. The van der Waals surface area contributed by atoms with Gasteiger partial charge in [-0.3, -0.25) is 0 Å². The van der Waals surface area contributed by atoms with Gasteiger partial charge in [-0.2, -0.15) is 0 Å². The van der Waals surface area contributed by atoms with E-state index in [0.29, 0.717) is 0 Å². The van der Waals surface area contributed by atoms with E-state index in [4.69, 9.17) is 16.0 Å². The van der Waals surface area contributed by atoms with Crippen molar-refractivity contribution in [3.63, 3.8) is 0 Å². The van der Waals surface area contributed by atoms with E-state index in [-0.39, 0.29) is 56.0 Å². The SMILES string of the molecule is O=[As]([O-])([O-])[O-].[H+].[Pb].[Pb]. The van der Waals surface area contributed by atoms with Crippen LogP contribution >= 0.6 is 0 Å². The Kier molecular flexibility index (Phi) is 14.2. The summed E-state index contributed by atoms with van der Waals surface area (Å²) in [6.45, 7) is 0. The molecule has 0 aliphatic carbocycles. The molecule has 0 saturated heterocycles. The predicted octanol–water partition coefficient (Wildman–Crippen LogP) is -4.72. The van der Waals surface area contributed by atoms with Crippen LogP contribution in [0.3, 0.4) is 0 Å². The molecule has 0 N–H and O–H groups in total. The first-order valence-electron chi connectivity index (χ1n) is 0.730. The van der Waals surface area contributed by atoms with Gasteiger partial charge >= 0.3 is 32.0 Å². The summed E-state index contributed by atoms with van der Waals surface area (Å²) in [5.74, 6) is 0. The molecule has 0 aromatic carbocycles. The summed E-state index contributed by atoms with van der Waals surface area (Å²) < 4.78 is 34.4. The van der Waals surface area contributed by atoms with Gasteiger partial charge < -0.3 is 0 Å².